The third kappa shape index (κ3) is 3.80. The molecular formula is C15H17N3O3S. The van der Waals surface area contributed by atoms with Crippen molar-refractivity contribution in [3.63, 3.8) is 0 Å². The van der Waals surface area contributed by atoms with Crippen LogP contribution in [0, 0.1) is 6.92 Å². The number of hydrogen-bond acceptors (Lipinski definition) is 6. The molecule has 1 aliphatic heterocycles. The van der Waals surface area contributed by atoms with Gasteiger partial charge in [-0.25, -0.2) is 0 Å². The van der Waals surface area contributed by atoms with Crippen LogP contribution in [0.5, 0.6) is 5.75 Å². The van der Waals surface area contributed by atoms with Crippen molar-refractivity contribution in [1.29, 1.82) is 0 Å². The average Bonchev–Trinajstić information content (AvgIpc) is 3.17. The highest BCUT2D eigenvalue weighted by Crippen LogP contribution is 2.18. The Bertz CT molecular complexity index is 636. The van der Waals surface area contributed by atoms with Gasteiger partial charge in [-0.3, -0.25) is 10.1 Å². The molecular weight excluding hydrogens is 302 g/mol. The number of aryl methyl sites for hydroxylation is 1. The van der Waals surface area contributed by atoms with Crippen molar-refractivity contribution in [3.05, 3.63) is 34.8 Å². The number of anilines is 1. The number of carbonyl (C=O) groups is 1. The van der Waals surface area contributed by atoms with E-state index in [4.69, 9.17) is 9.47 Å². The number of ether oxygens (including phenoxy) is 2. The summed E-state index contributed by atoms with van der Waals surface area (Å²) in [5, 5.41) is 11.8. The second-order valence-corrected chi connectivity index (χ2v) is 6.23. The fourth-order valence-corrected chi connectivity index (χ4v) is 2.77. The second kappa shape index (κ2) is 6.85. The molecule has 2 heterocycles. The lowest BCUT2D eigenvalue weighted by Crippen LogP contribution is -2.16. The van der Waals surface area contributed by atoms with E-state index in [2.05, 4.69) is 15.5 Å². The molecule has 6 nitrogen and oxygen atoms in total. The van der Waals surface area contributed by atoms with E-state index >= 15 is 0 Å². The maximum Gasteiger partial charge on any atom is 0.257 e. The molecule has 116 valence electrons. The molecule has 0 spiro atoms. The summed E-state index contributed by atoms with van der Waals surface area (Å²) in [5.74, 6) is 0.528. The lowest BCUT2D eigenvalue weighted by molar-refractivity contribution is 0.0679. The van der Waals surface area contributed by atoms with Crippen LogP contribution in [0.3, 0.4) is 0 Å². The van der Waals surface area contributed by atoms with E-state index in [-0.39, 0.29) is 12.0 Å². The molecule has 2 aromatic rings. The zero-order valence-electron chi connectivity index (χ0n) is 12.2. The van der Waals surface area contributed by atoms with Crippen LogP contribution in [0.2, 0.25) is 0 Å². The largest absolute Gasteiger partial charge is 0.491 e. The zero-order chi connectivity index (χ0) is 15.4. The van der Waals surface area contributed by atoms with Crippen LogP contribution in [0.4, 0.5) is 5.13 Å². The average molecular weight is 319 g/mol. The molecule has 0 aliphatic carbocycles. The summed E-state index contributed by atoms with van der Waals surface area (Å²) in [6.07, 6.45) is 2.32. The highest BCUT2D eigenvalue weighted by molar-refractivity contribution is 7.15. The van der Waals surface area contributed by atoms with Crippen LogP contribution in [-0.2, 0) is 4.74 Å². The van der Waals surface area contributed by atoms with E-state index in [0.29, 0.717) is 17.3 Å². The Hall–Kier alpha value is -1.99. The lowest BCUT2D eigenvalue weighted by atomic mass is 10.2. The molecule has 1 aliphatic rings. The smallest absolute Gasteiger partial charge is 0.257 e. The Labute approximate surface area is 132 Å². The topological polar surface area (TPSA) is 73.3 Å². The number of nitrogens with one attached hydrogen (secondary N) is 1. The molecule has 1 amide bonds. The van der Waals surface area contributed by atoms with E-state index in [1.54, 1.807) is 24.3 Å². The first kappa shape index (κ1) is 14.9. The number of carbonyl (C=O) groups excluding carboxylic acids is 1. The minimum atomic E-state index is -0.207. The van der Waals surface area contributed by atoms with Crippen LogP contribution in [0.15, 0.2) is 24.3 Å². The number of nitrogens with zero attached hydrogens (tertiary/aromatic N) is 2. The van der Waals surface area contributed by atoms with E-state index < -0.39 is 0 Å². The summed E-state index contributed by atoms with van der Waals surface area (Å²) < 4.78 is 11.2. The standard InChI is InChI=1S/C15H17N3O3S/c1-10-17-18-15(22-10)16-14(19)11-4-6-12(7-5-11)21-9-13-3-2-8-20-13/h4-7,13H,2-3,8-9H2,1H3,(H,16,18,19). The summed E-state index contributed by atoms with van der Waals surface area (Å²) in [6.45, 7) is 3.21. The van der Waals surface area contributed by atoms with Gasteiger partial charge >= 0.3 is 0 Å². The van der Waals surface area contributed by atoms with E-state index in [1.165, 1.54) is 11.3 Å². The van der Waals surface area contributed by atoms with Crippen molar-refractivity contribution in [2.24, 2.45) is 0 Å². The molecule has 1 atom stereocenters. The van der Waals surface area contributed by atoms with Gasteiger partial charge in [0.25, 0.3) is 5.91 Å². The second-order valence-electron chi connectivity index (χ2n) is 5.05. The van der Waals surface area contributed by atoms with E-state index in [0.717, 1.165) is 30.2 Å². The predicted molar refractivity (Wildman–Crippen MR) is 83.5 cm³/mol. The third-order valence-corrected chi connectivity index (χ3v) is 4.08. The van der Waals surface area contributed by atoms with Gasteiger partial charge < -0.3 is 9.47 Å². The Morgan fingerprint density at radius 2 is 2.23 bits per heavy atom. The monoisotopic (exact) mass is 319 g/mol. The van der Waals surface area contributed by atoms with Crippen LogP contribution in [0.25, 0.3) is 0 Å². The first-order valence-electron chi connectivity index (χ1n) is 7.16. The predicted octanol–water partition coefficient (Wildman–Crippen LogP) is 2.66. The molecule has 0 bridgehead atoms. The fourth-order valence-electron chi connectivity index (χ4n) is 2.18. The van der Waals surface area contributed by atoms with Crippen LogP contribution >= 0.6 is 11.3 Å². The molecule has 1 aromatic heterocycles. The molecule has 1 unspecified atom stereocenters. The molecule has 0 radical (unpaired) electrons. The number of hydrogen-bond donors (Lipinski definition) is 1. The van der Waals surface area contributed by atoms with Gasteiger partial charge in [-0.1, -0.05) is 11.3 Å². The summed E-state index contributed by atoms with van der Waals surface area (Å²) >= 11 is 1.34. The lowest BCUT2D eigenvalue weighted by Gasteiger charge is -2.11. The first-order valence-corrected chi connectivity index (χ1v) is 7.98. The van der Waals surface area contributed by atoms with Gasteiger partial charge in [-0.2, -0.15) is 0 Å². The molecule has 1 saturated heterocycles. The Kier molecular flexibility index (Phi) is 4.65. The molecule has 0 saturated carbocycles. The summed E-state index contributed by atoms with van der Waals surface area (Å²) in [5.41, 5.74) is 0.553. The number of aromatic nitrogens is 2. The molecule has 3 rings (SSSR count). The molecule has 1 fully saturated rings. The maximum atomic E-state index is 12.1. The van der Waals surface area contributed by atoms with Gasteiger partial charge in [-0.05, 0) is 44.0 Å². The molecule has 22 heavy (non-hydrogen) atoms. The minimum absolute atomic E-state index is 0.184. The van der Waals surface area contributed by atoms with Crippen molar-refractivity contribution >= 4 is 22.4 Å². The van der Waals surface area contributed by atoms with Crippen molar-refractivity contribution in [2.45, 2.75) is 25.9 Å². The Balaban J connectivity index is 1.54. The van der Waals surface area contributed by atoms with Gasteiger partial charge in [0.1, 0.15) is 17.4 Å². The third-order valence-electron chi connectivity index (χ3n) is 3.32. The zero-order valence-corrected chi connectivity index (χ0v) is 13.1. The van der Waals surface area contributed by atoms with Crippen molar-refractivity contribution in [3.8, 4) is 5.75 Å². The highest BCUT2D eigenvalue weighted by Gasteiger charge is 2.16. The summed E-state index contributed by atoms with van der Waals surface area (Å²) in [6, 6.07) is 7.03. The van der Waals surface area contributed by atoms with Gasteiger partial charge in [-0.15, -0.1) is 10.2 Å². The Morgan fingerprint density at radius 1 is 1.41 bits per heavy atom. The number of rotatable bonds is 5. The molecule has 1 aromatic carbocycles. The first-order chi connectivity index (χ1) is 10.7. The quantitative estimate of drug-likeness (QED) is 0.917. The van der Waals surface area contributed by atoms with Crippen molar-refractivity contribution < 1.29 is 14.3 Å². The van der Waals surface area contributed by atoms with Gasteiger partial charge in [0, 0.05) is 12.2 Å². The van der Waals surface area contributed by atoms with Crippen LogP contribution in [-0.4, -0.2) is 35.4 Å². The number of benzene rings is 1. The van der Waals surface area contributed by atoms with E-state index in [9.17, 15) is 4.79 Å². The Morgan fingerprint density at radius 3 is 2.86 bits per heavy atom. The number of amides is 1. The van der Waals surface area contributed by atoms with E-state index in [1.807, 2.05) is 6.92 Å². The summed E-state index contributed by atoms with van der Waals surface area (Å²) in [4.78, 5) is 12.1. The highest BCUT2D eigenvalue weighted by atomic mass is 32.1. The van der Waals surface area contributed by atoms with Gasteiger partial charge in [0.2, 0.25) is 5.13 Å². The van der Waals surface area contributed by atoms with Crippen LogP contribution in [0.1, 0.15) is 28.2 Å². The molecule has 7 heteroatoms. The SMILES string of the molecule is Cc1nnc(NC(=O)c2ccc(OCC3CCCO3)cc2)s1. The van der Waals surface area contributed by atoms with Gasteiger partial charge in [0.05, 0.1) is 6.10 Å². The normalized spacial score (nSPS) is 17.4. The van der Waals surface area contributed by atoms with Gasteiger partial charge in [0.15, 0.2) is 0 Å². The maximum absolute atomic E-state index is 12.1. The van der Waals surface area contributed by atoms with Crippen molar-refractivity contribution in [2.75, 3.05) is 18.5 Å². The van der Waals surface area contributed by atoms with Crippen LogP contribution < -0.4 is 10.1 Å². The van der Waals surface area contributed by atoms with Crippen molar-refractivity contribution in [1.82, 2.24) is 10.2 Å². The minimum Gasteiger partial charge on any atom is -0.491 e. The fraction of sp³-hybridized carbons (Fsp3) is 0.400. The summed E-state index contributed by atoms with van der Waals surface area (Å²) in [7, 11) is 0. The molecule has 1 N–H and O–H groups in total.